The third-order valence-corrected chi connectivity index (χ3v) is 4.44. The zero-order chi connectivity index (χ0) is 16.4. The van der Waals surface area contributed by atoms with Gasteiger partial charge >= 0.3 is 0 Å². The first-order valence-electron chi connectivity index (χ1n) is 7.75. The van der Waals surface area contributed by atoms with Gasteiger partial charge in [0, 0.05) is 44.0 Å². The summed E-state index contributed by atoms with van der Waals surface area (Å²) < 4.78 is 15.3. The summed E-state index contributed by atoms with van der Waals surface area (Å²) in [4.78, 5) is 10.4. The first-order chi connectivity index (χ1) is 11.1. The van der Waals surface area contributed by atoms with Crippen LogP contribution in [0.25, 0.3) is 0 Å². The molecule has 0 aromatic carbocycles. The van der Waals surface area contributed by atoms with E-state index < -0.39 is 11.9 Å². The molecule has 3 rings (SSSR count). The van der Waals surface area contributed by atoms with Crippen LogP contribution in [0.4, 0.5) is 10.2 Å². The van der Waals surface area contributed by atoms with E-state index in [0.717, 1.165) is 25.6 Å². The van der Waals surface area contributed by atoms with Crippen molar-refractivity contribution in [2.45, 2.75) is 25.6 Å². The molecule has 0 saturated carbocycles. The van der Waals surface area contributed by atoms with Gasteiger partial charge in [-0.2, -0.15) is 0 Å². The second-order valence-electron chi connectivity index (χ2n) is 5.98. The van der Waals surface area contributed by atoms with Gasteiger partial charge in [0.2, 0.25) is 0 Å². The van der Waals surface area contributed by atoms with Gasteiger partial charge in [-0.1, -0.05) is 0 Å². The molecule has 2 aromatic rings. The Kier molecular flexibility index (Phi) is 4.58. The number of halogens is 1. The molecule has 7 heteroatoms. The molecule has 1 aliphatic rings. The van der Waals surface area contributed by atoms with Gasteiger partial charge in [-0.25, -0.2) is 14.4 Å². The van der Waals surface area contributed by atoms with Crippen molar-refractivity contribution in [1.82, 2.24) is 14.5 Å². The van der Waals surface area contributed by atoms with Crippen LogP contribution in [0.2, 0.25) is 0 Å². The fraction of sp³-hybridized carbons (Fsp3) is 0.500. The highest BCUT2D eigenvalue weighted by molar-refractivity contribution is 5.42. The molecule has 0 amide bonds. The van der Waals surface area contributed by atoms with E-state index in [0.29, 0.717) is 18.2 Å². The molecule has 0 spiro atoms. The SMILES string of the molecule is Cn1ccnc1C(O)C1CCCN(c2cc(CO)c(F)cn2)C1. The topological polar surface area (TPSA) is 74.4 Å². The normalized spacial score (nSPS) is 19.8. The Bertz CT molecular complexity index is 676. The number of aryl methyl sites for hydroxylation is 1. The first-order valence-corrected chi connectivity index (χ1v) is 7.75. The molecule has 124 valence electrons. The van der Waals surface area contributed by atoms with Gasteiger partial charge in [-0.05, 0) is 18.9 Å². The molecular formula is C16H21FN4O2. The van der Waals surface area contributed by atoms with Crippen molar-refractivity contribution in [3.8, 4) is 0 Å². The number of pyridine rings is 1. The maximum Gasteiger partial charge on any atom is 0.147 e. The predicted molar refractivity (Wildman–Crippen MR) is 83.2 cm³/mol. The Morgan fingerprint density at radius 1 is 1.43 bits per heavy atom. The van der Waals surface area contributed by atoms with E-state index in [1.807, 2.05) is 22.7 Å². The molecule has 2 unspecified atom stereocenters. The Labute approximate surface area is 134 Å². The van der Waals surface area contributed by atoms with E-state index in [1.165, 1.54) is 0 Å². The average molecular weight is 320 g/mol. The van der Waals surface area contributed by atoms with Crippen molar-refractivity contribution in [3.05, 3.63) is 41.9 Å². The number of hydrogen-bond acceptors (Lipinski definition) is 5. The molecule has 1 aliphatic heterocycles. The van der Waals surface area contributed by atoms with Crippen molar-refractivity contribution in [1.29, 1.82) is 0 Å². The van der Waals surface area contributed by atoms with E-state index in [9.17, 15) is 14.6 Å². The minimum absolute atomic E-state index is 0.0364. The summed E-state index contributed by atoms with van der Waals surface area (Å²) >= 11 is 0. The molecule has 6 nitrogen and oxygen atoms in total. The van der Waals surface area contributed by atoms with E-state index in [-0.39, 0.29) is 18.1 Å². The van der Waals surface area contributed by atoms with Gasteiger partial charge in [0.15, 0.2) is 0 Å². The van der Waals surface area contributed by atoms with Crippen molar-refractivity contribution < 1.29 is 14.6 Å². The Morgan fingerprint density at radius 3 is 2.96 bits per heavy atom. The van der Waals surface area contributed by atoms with Crippen molar-refractivity contribution in [3.63, 3.8) is 0 Å². The van der Waals surface area contributed by atoms with Gasteiger partial charge < -0.3 is 19.7 Å². The quantitative estimate of drug-likeness (QED) is 0.891. The van der Waals surface area contributed by atoms with Crippen LogP contribution in [0.5, 0.6) is 0 Å². The minimum Gasteiger partial charge on any atom is -0.392 e. The monoisotopic (exact) mass is 320 g/mol. The lowest BCUT2D eigenvalue weighted by molar-refractivity contribution is 0.0873. The molecule has 1 fully saturated rings. The number of aromatic nitrogens is 3. The lowest BCUT2D eigenvalue weighted by atomic mass is 9.92. The van der Waals surface area contributed by atoms with Crippen LogP contribution in [0, 0.1) is 11.7 Å². The van der Waals surface area contributed by atoms with Crippen LogP contribution < -0.4 is 4.90 Å². The van der Waals surface area contributed by atoms with Gasteiger partial charge in [-0.15, -0.1) is 0 Å². The highest BCUT2D eigenvalue weighted by Gasteiger charge is 2.29. The molecule has 2 atom stereocenters. The third kappa shape index (κ3) is 3.20. The zero-order valence-corrected chi connectivity index (χ0v) is 13.1. The summed E-state index contributed by atoms with van der Waals surface area (Å²) in [6.45, 7) is 1.07. The number of anilines is 1. The number of imidazole rings is 1. The van der Waals surface area contributed by atoms with E-state index in [2.05, 4.69) is 9.97 Å². The predicted octanol–water partition coefficient (Wildman–Crippen LogP) is 1.40. The minimum atomic E-state index is -0.643. The lowest BCUT2D eigenvalue weighted by Crippen LogP contribution is -2.39. The summed E-state index contributed by atoms with van der Waals surface area (Å²) in [6.07, 6.45) is 5.80. The van der Waals surface area contributed by atoms with Crippen molar-refractivity contribution in [2.75, 3.05) is 18.0 Å². The van der Waals surface area contributed by atoms with Crippen LogP contribution in [0.1, 0.15) is 30.3 Å². The lowest BCUT2D eigenvalue weighted by Gasteiger charge is -2.35. The molecule has 1 saturated heterocycles. The number of hydrogen-bond donors (Lipinski definition) is 2. The maximum atomic E-state index is 13.5. The second kappa shape index (κ2) is 6.64. The summed E-state index contributed by atoms with van der Waals surface area (Å²) in [5, 5.41) is 19.8. The third-order valence-electron chi connectivity index (χ3n) is 4.44. The van der Waals surface area contributed by atoms with E-state index >= 15 is 0 Å². The standard InChI is InChI=1S/C16H21FN4O2/c1-20-6-4-18-16(20)15(23)11-3-2-5-21(9-11)14-7-12(10-22)13(17)8-19-14/h4,6-8,11,15,22-23H,2-3,5,9-10H2,1H3. The molecule has 23 heavy (non-hydrogen) atoms. The van der Waals surface area contributed by atoms with E-state index in [1.54, 1.807) is 12.3 Å². The van der Waals surface area contributed by atoms with Gasteiger partial charge in [0.05, 0.1) is 12.8 Å². The van der Waals surface area contributed by atoms with Crippen molar-refractivity contribution >= 4 is 5.82 Å². The van der Waals surface area contributed by atoms with Gasteiger partial charge in [0.25, 0.3) is 0 Å². The molecular weight excluding hydrogens is 299 g/mol. The van der Waals surface area contributed by atoms with Crippen LogP contribution in [-0.2, 0) is 13.7 Å². The Hall–Kier alpha value is -1.99. The largest absolute Gasteiger partial charge is 0.392 e. The number of piperidine rings is 1. The van der Waals surface area contributed by atoms with Crippen LogP contribution >= 0.6 is 0 Å². The van der Waals surface area contributed by atoms with Gasteiger partial charge in [-0.3, -0.25) is 0 Å². The average Bonchev–Trinajstić information content (AvgIpc) is 3.01. The van der Waals surface area contributed by atoms with Crippen LogP contribution in [0.3, 0.4) is 0 Å². The maximum absolute atomic E-state index is 13.5. The Balaban J connectivity index is 1.77. The van der Waals surface area contributed by atoms with Crippen LogP contribution in [-0.4, -0.2) is 37.8 Å². The summed E-state index contributed by atoms with van der Waals surface area (Å²) in [7, 11) is 1.86. The summed E-state index contributed by atoms with van der Waals surface area (Å²) in [5.41, 5.74) is 0.238. The highest BCUT2D eigenvalue weighted by Crippen LogP contribution is 2.31. The highest BCUT2D eigenvalue weighted by atomic mass is 19.1. The fourth-order valence-electron chi connectivity index (χ4n) is 3.11. The zero-order valence-electron chi connectivity index (χ0n) is 13.1. The van der Waals surface area contributed by atoms with Crippen molar-refractivity contribution in [2.24, 2.45) is 13.0 Å². The molecule has 0 aliphatic carbocycles. The second-order valence-corrected chi connectivity index (χ2v) is 5.98. The smallest absolute Gasteiger partial charge is 0.147 e. The van der Waals surface area contributed by atoms with Gasteiger partial charge in [0.1, 0.15) is 23.6 Å². The van der Waals surface area contributed by atoms with Crippen LogP contribution in [0.15, 0.2) is 24.7 Å². The first kappa shape index (κ1) is 15.9. The number of rotatable bonds is 4. The number of aliphatic hydroxyl groups excluding tert-OH is 2. The molecule has 0 bridgehead atoms. The summed E-state index contributed by atoms with van der Waals surface area (Å²) in [5.74, 6) is 0.819. The summed E-state index contributed by atoms with van der Waals surface area (Å²) in [6, 6.07) is 1.57. The van der Waals surface area contributed by atoms with E-state index in [4.69, 9.17) is 0 Å². The molecule has 0 radical (unpaired) electrons. The fourth-order valence-corrected chi connectivity index (χ4v) is 3.11. The number of aliphatic hydroxyl groups is 2. The Morgan fingerprint density at radius 2 is 2.26 bits per heavy atom. The molecule has 2 aromatic heterocycles. The molecule has 3 heterocycles. The molecule has 2 N–H and O–H groups in total. The number of nitrogens with zero attached hydrogens (tertiary/aromatic N) is 4.